The first-order valence-corrected chi connectivity index (χ1v) is 11.6. The first kappa shape index (κ1) is 25.4. The van der Waals surface area contributed by atoms with Crippen LogP contribution < -0.4 is 0 Å². The summed E-state index contributed by atoms with van der Waals surface area (Å²) in [6.45, 7) is 1.99. The lowest BCUT2D eigenvalue weighted by molar-refractivity contribution is 0.511. The van der Waals surface area contributed by atoms with Crippen LogP contribution in [0.1, 0.15) is 47.6 Å². The Hall–Kier alpha value is -3.72. The van der Waals surface area contributed by atoms with Crippen LogP contribution in [0.5, 0.6) is 0 Å². The van der Waals surface area contributed by atoms with Gasteiger partial charge in [-0.15, -0.1) is 0 Å². The fourth-order valence-corrected chi connectivity index (χ4v) is 4.03. The van der Waals surface area contributed by atoms with Crippen LogP contribution in [0.4, 0.5) is 26.3 Å². The van der Waals surface area contributed by atoms with Crippen molar-refractivity contribution < 1.29 is 26.3 Å². The molecule has 0 aliphatic rings. The van der Waals surface area contributed by atoms with Crippen LogP contribution >= 0.6 is 0 Å². The van der Waals surface area contributed by atoms with Gasteiger partial charge < -0.3 is 0 Å². The summed E-state index contributed by atoms with van der Waals surface area (Å²) in [6, 6.07) is 11.4. The van der Waals surface area contributed by atoms with E-state index in [9.17, 15) is 26.3 Å². The Labute approximate surface area is 205 Å². The van der Waals surface area contributed by atoms with E-state index >= 15 is 0 Å². The van der Waals surface area contributed by atoms with Gasteiger partial charge in [-0.1, -0.05) is 31.3 Å². The van der Waals surface area contributed by atoms with Crippen LogP contribution in [0.2, 0.25) is 0 Å². The molecule has 6 heteroatoms. The van der Waals surface area contributed by atoms with Crippen molar-refractivity contribution in [2.24, 2.45) is 0 Å². The molecule has 0 fully saturated rings. The zero-order valence-electron chi connectivity index (χ0n) is 19.5. The molecule has 4 aromatic rings. The molecule has 0 radical (unpaired) electrons. The normalized spacial score (nSPS) is 11.0. The average Bonchev–Trinajstić information content (AvgIpc) is 2.82. The van der Waals surface area contributed by atoms with Crippen LogP contribution in [0, 0.1) is 46.7 Å². The van der Waals surface area contributed by atoms with E-state index in [1.165, 1.54) is 30.3 Å². The second-order valence-corrected chi connectivity index (χ2v) is 8.65. The molecule has 0 nitrogen and oxygen atoms in total. The maximum atomic E-state index is 14.6. The van der Waals surface area contributed by atoms with Gasteiger partial charge in [0.05, 0.1) is 5.56 Å². The van der Waals surface area contributed by atoms with Crippen molar-refractivity contribution in [1.29, 1.82) is 0 Å². The Morgan fingerprint density at radius 1 is 0.556 bits per heavy atom. The van der Waals surface area contributed by atoms with Gasteiger partial charge in [0.2, 0.25) is 0 Å². The minimum Gasteiger partial charge on any atom is -0.207 e. The Balaban J connectivity index is 1.52. The van der Waals surface area contributed by atoms with E-state index in [1.54, 1.807) is 0 Å². The topological polar surface area (TPSA) is 0 Å². The third-order valence-corrected chi connectivity index (χ3v) is 6.00. The number of benzene rings is 4. The Kier molecular flexibility index (Phi) is 7.69. The first-order valence-electron chi connectivity index (χ1n) is 11.6. The highest BCUT2D eigenvalue weighted by molar-refractivity contribution is 5.84. The summed E-state index contributed by atoms with van der Waals surface area (Å²) in [5.41, 5.74) is 0.617. The van der Waals surface area contributed by atoms with E-state index in [4.69, 9.17) is 0 Å². The van der Waals surface area contributed by atoms with Gasteiger partial charge in [-0.25, -0.2) is 26.3 Å². The molecule has 0 bridgehead atoms. The molecule has 0 aliphatic heterocycles. The Bertz CT molecular complexity index is 1450. The fraction of sp³-hybridized carbons (Fsp3) is 0.200. The minimum absolute atomic E-state index is 0.0382. The molecule has 0 saturated heterocycles. The second-order valence-electron chi connectivity index (χ2n) is 8.65. The van der Waals surface area contributed by atoms with Gasteiger partial charge in [0, 0.05) is 11.1 Å². The summed E-state index contributed by atoms with van der Waals surface area (Å²) in [4.78, 5) is 0. The molecule has 184 valence electrons. The van der Waals surface area contributed by atoms with Crippen LogP contribution in [-0.4, -0.2) is 0 Å². The highest BCUT2D eigenvalue weighted by Gasteiger charge is 2.14. The molecule has 36 heavy (non-hydrogen) atoms. The summed E-state index contributed by atoms with van der Waals surface area (Å²) in [6.07, 6.45) is 2.30. The zero-order valence-corrected chi connectivity index (χ0v) is 19.5. The Morgan fingerprint density at radius 3 is 1.78 bits per heavy atom. The molecule has 4 rings (SSSR count). The SMILES string of the molecule is CCCCc1cc(F)c(CCc2cc(F)c(C#Cc3ccc4cc(F)c(F)cc4c3)c(F)c2)c(F)c1. The van der Waals surface area contributed by atoms with Gasteiger partial charge in [0.1, 0.15) is 23.3 Å². The third-order valence-electron chi connectivity index (χ3n) is 6.00. The molecule has 0 unspecified atom stereocenters. The van der Waals surface area contributed by atoms with Crippen LogP contribution in [0.25, 0.3) is 10.8 Å². The predicted octanol–water partition coefficient (Wildman–Crippen LogP) is 8.20. The van der Waals surface area contributed by atoms with E-state index in [1.807, 2.05) is 6.92 Å². The molecule has 0 aromatic heterocycles. The molecule has 4 aromatic carbocycles. The maximum absolute atomic E-state index is 14.6. The van der Waals surface area contributed by atoms with Crippen molar-refractivity contribution in [2.75, 3.05) is 0 Å². The van der Waals surface area contributed by atoms with E-state index in [-0.39, 0.29) is 24.0 Å². The van der Waals surface area contributed by atoms with E-state index in [2.05, 4.69) is 11.8 Å². The molecule has 0 N–H and O–H groups in total. The smallest absolute Gasteiger partial charge is 0.159 e. The van der Waals surface area contributed by atoms with Crippen molar-refractivity contribution in [1.82, 2.24) is 0 Å². The molecule has 0 spiro atoms. The number of fused-ring (bicyclic) bond motifs is 1. The van der Waals surface area contributed by atoms with Crippen molar-refractivity contribution in [2.45, 2.75) is 39.0 Å². The summed E-state index contributed by atoms with van der Waals surface area (Å²) in [5.74, 6) is -0.0312. The van der Waals surface area contributed by atoms with Gasteiger partial charge in [0.25, 0.3) is 0 Å². The maximum Gasteiger partial charge on any atom is 0.159 e. The van der Waals surface area contributed by atoms with Crippen LogP contribution in [-0.2, 0) is 19.3 Å². The summed E-state index contributed by atoms with van der Waals surface area (Å²) >= 11 is 0. The average molecular weight is 496 g/mol. The molecule has 0 amide bonds. The van der Waals surface area contributed by atoms with Gasteiger partial charge >= 0.3 is 0 Å². The molecule has 0 aliphatic carbocycles. The number of hydrogen-bond acceptors (Lipinski definition) is 0. The predicted molar refractivity (Wildman–Crippen MR) is 129 cm³/mol. The summed E-state index contributed by atoms with van der Waals surface area (Å²) in [7, 11) is 0. The quantitative estimate of drug-likeness (QED) is 0.186. The highest BCUT2D eigenvalue weighted by atomic mass is 19.2. The molecular weight excluding hydrogens is 474 g/mol. The highest BCUT2D eigenvalue weighted by Crippen LogP contribution is 2.22. The number of unbranched alkanes of at least 4 members (excludes halogenated alkanes) is 1. The molecular formula is C30H22F6. The second kappa shape index (κ2) is 10.9. The van der Waals surface area contributed by atoms with Crippen LogP contribution in [0.3, 0.4) is 0 Å². The van der Waals surface area contributed by atoms with Crippen molar-refractivity contribution in [3.63, 3.8) is 0 Å². The number of aryl methyl sites for hydroxylation is 2. The van der Waals surface area contributed by atoms with Gasteiger partial charge in [-0.3, -0.25) is 0 Å². The monoisotopic (exact) mass is 496 g/mol. The van der Waals surface area contributed by atoms with Crippen LogP contribution in [0.15, 0.2) is 54.6 Å². The number of hydrogen-bond donors (Lipinski definition) is 0. The van der Waals surface area contributed by atoms with Crippen molar-refractivity contribution >= 4 is 10.8 Å². The van der Waals surface area contributed by atoms with Gasteiger partial charge in [-0.2, -0.15) is 0 Å². The Morgan fingerprint density at radius 2 is 1.14 bits per heavy atom. The van der Waals surface area contributed by atoms with Gasteiger partial charge in [0.15, 0.2) is 11.6 Å². The lowest BCUT2D eigenvalue weighted by Gasteiger charge is -2.09. The summed E-state index contributed by atoms with van der Waals surface area (Å²) in [5, 5.41) is 0.861. The molecule has 0 heterocycles. The lowest BCUT2D eigenvalue weighted by atomic mass is 9.99. The number of rotatable bonds is 6. The number of halogens is 6. The largest absolute Gasteiger partial charge is 0.207 e. The molecule has 0 atom stereocenters. The van der Waals surface area contributed by atoms with E-state index in [0.717, 1.165) is 37.1 Å². The first-order chi connectivity index (χ1) is 17.2. The molecule has 0 saturated carbocycles. The van der Waals surface area contributed by atoms with E-state index in [0.29, 0.717) is 28.3 Å². The lowest BCUT2D eigenvalue weighted by Crippen LogP contribution is -2.02. The fourth-order valence-electron chi connectivity index (χ4n) is 4.03. The third kappa shape index (κ3) is 5.73. The standard InChI is InChI=1S/C30H22F6/c1-2-3-4-19-12-25(31)24(26(32)13-19)10-7-20-14-27(33)23(28(34)15-20)9-6-18-5-8-21-16-29(35)30(36)17-22(21)11-18/h5,8,11-17H,2-4,7,10H2,1H3. The van der Waals surface area contributed by atoms with Gasteiger partial charge in [-0.05, 0) is 96.1 Å². The zero-order chi connectivity index (χ0) is 25.8. The van der Waals surface area contributed by atoms with Crippen molar-refractivity contribution in [3.8, 4) is 11.8 Å². The van der Waals surface area contributed by atoms with Crippen molar-refractivity contribution in [3.05, 3.63) is 117 Å². The summed E-state index contributed by atoms with van der Waals surface area (Å²) < 4.78 is 85.0. The van der Waals surface area contributed by atoms with E-state index < -0.39 is 40.5 Å². The minimum atomic E-state index is -1.01.